The Balaban J connectivity index is 1.60. The van der Waals surface area contributed by atoms with Crippen molar-refractivity contribution in [2.45, 2.75) is 78.5 Å². The lowest BCUT2D eigenvalue weighted by Crippen LogP contribution is -2.52. The number of hydrogen-bond donors (Lipinski definition) is 1. The number of hydrogen-bond acceptors (Lipinski definition) is 5. The van der Waals surface area contributed by atoms with Crippen LogP contribution in [0.4, 0.5) is 4.79 Å². The highest BCUT2D eigenvalue weighted by Crippen LogP contribution is 2.32. The van der Waals surface area contributed by atoms with Crippen molar-refractivity contribution in [3.63, 3.8) is 0 Å². The predicted molar refractivity (Wildman–Crippen MR) is 122 cm³/mol. The molecule has 8 heteroatoms. The zero-order valence-corrected chi connectivity index (χ0v) is 19.9. The van der Waals surface area contributed by atoms with E-state index < -0.39 is 5.60 Å². The largest absolute Gasteiger partial charge is 0.444 e. The normalized spacial score (nSPS) is 18.4. The van der Waals surface area contributed by atoms with Crippen LogP contribution in [-0.4, -0.2) is 64.7 Å². The van der Waals surface area contributed by atoms with Crippen molar-refractivity contribution in [2.24, 2.45) is 10.9 Å². The SMILES string of the molecule is CCNC(=NCc1ncc(C)s1)N1CCC(N(CC2CC2)C(=O)OC(C)(C)C)CC1. The maximum atomic E-state index is 12.8. The summed E-state index contributed by atoms with van der Waals surface area (Å²) in [4.78, 5) is 27.6. The highest BCUT2D eigenvalue weighted by molar-refractivity contribution is 7.11. The summed E-state index contributed by atoms with van der Waals surface area (Å²) in [6.45, 7) is 14.0. The number of rotatable bonds is 6. The number of aromatic nitrogens is 1. The van der Waals surface area contributed by atoms with Crippen LogP contribution < -0.4 is 5.32 Å². The molecule has 1 saturated heterocycles. The van der Waals surface area contributed by atoms with Crippen molar-refractivity contribution in [3.8, 4) is 0 Å². The van der Waals surface area contributed by atoms with Gasteiger partial charge in [-0.15, -0.1) is 11.3 Å². The highest BCUT2D eigenvalue weighted by Gasteiger charge is 2.35. The quantitative estimate of drug-likeness (QED) is 0.540. The average Bonchev–Trinajstić information content (AvgIpc) is 3.41. The number of guanidine groups is 1. The molecule has 1 aliphatic carbocycles. The summed E-state index contributed by atoms with van der Waals surface area (Å²) in [5.74, 6) is 1.59. The number of aryl methyl sites for hydroxylation is 1. The molecule has 0 spiro atoms. The van der Waals surface area contributed by atoms with Crippen LogP contribution in [0.15, 0.2) is 11.2 Å². The van der Waals surface area contributed by atoms with Crippen molar-refractivity contribution in [1.29, 1.82) is 0 Å². The van der Waals surface area contributed by atoms with E-state index in [1.54, 1.807) is 11.3 Å². The van der Waals surface area contributed by atoms with Crippen molar-refractivity contribution in [2.75, 3.05) is 26.2 Å². The van der Waals surface area contributed by atoms with Crippen LogP contribution in [0.5, 0.6) is 0 Å². The van der Waals surface area contributed by atoms with Gasteiger partial charge in [0.05, 0.1) is 6.54 Å². The van der Waals surface area contributed by atoms with E-state index in [1.165, 1.54) is 17.7 Å². The topological polar surface area (TPSA) is 70.1 Å². The van der Waals surface area contributed by atoms with Crippen molar-refractivity contribution >= 4 is 23.4 Å². The van der Waals surface area contributed by atoms with Crippen molar-refractivity contribution in [3.05, 3.63) is 16.1 Å². The summed E-state index contributed by atoms with van der Waals surface area (Å²) >= 11 is 1.70. The number of piperidine rings is 1. The van der Waals surface area contributed by atoms with E-state index >= 15 is 0 Å². The second-order valence-corrected chi connectivity index (χ2v) is 10.6. The fourth-order valence-electron chi connectivity index (χ4n) is 3.70. The molecule has 7 nitrogen and oxygen atoms in total. The minimum Gasteiger partial charge on any atom is -0.444 e. The summed E-state index contributed by atoms with van der Waals surface area (Å²) in [6, 6.07) is 0.237. The minimum absolute atomic E-state index is 0.160. The van der Waals surface area contributed by atoms with Crippen LogP contribution in [0.3, 0.4) is 0 Å². The number of ether oxygens (including phenoxy) is 1. The van der Waals surface area contributed by atoms with Gasteiger partial charge in [-0.25, -0.2) is 14.8 Å². The molecule has 1 saturated carbocycles. The first-order chi connectivity index (χ1) is 14.2. The number of thiazole rings is 1. The molecule has 1 N–H and O–H groups in total. The molecule has 0 atom stereocenters. The highest BCUT2D eigenvalue weighted by atomic mass is 32.1. The number of carbonyl (C=O) groups excluding carboxylic acids is 1. The zero-order chi connectivity index (χ0) is 21.7. The molecule has 0 radical (unpaired) electrons. The summed E-state index contributed by atoms with van der Waals surface area (Å²) in [5.41, 5.74) is -0.460. The molecule has 2 heterocycles. The maximum absolute atomic E-state index is 12.8. The first-order valence-electron chi connectivity index (χ1n) is 11.2. The van der Waals surface area contributed by atoms with E-state index in [0.717, 1.165) is 50.0 Å². The zero-order valence-electron chi connectivity index (χ0n) is 19.1. The molecule has 1 aromatic rings. The van der Waals surface area contributed by atoms with Gasteiger partial charge in [-0.2, -0.15) is 0 Å². The standard InChI is InChI=1S/C22H37N5O2S/c1-6-23-20(25-14-19-24-13-16(2)30-19)26-11-9-18(10-12-26)27(15-17-7-8-17)21(28)29-22(3,4)5/h13,17-18H,6-12,14-15H2,1-5H3,(H,23,25). The third-order valence-electron chi connectivity index (χ3n) is 5.35. The predicted octanol–water partition coefficient (Wildman–Crippen LogP) is 4.03. The Bertz CT molecular complexity index is 730. The van der Waals surface area contributed by atoms with E-state index in [2.05, 4.69) is 29.0 Å². The van der Waals surface area contributed by atoms with Gasteiger partial charge in [0, 0.05) is 43.3 Å². The third kappa shape index (κ3) is 6.86. The molecular weight excluding hydrogens is 398 g/mol. The van der Waals surface area contributed by atoms with Crippen LogP contribution in [-0.2, 0) is 11.3 Å². The van der Waals surface area contributed by atoms with E-state index in [4.69, 9.17) is 9.73 Å². The van der Waals surface area contributed by atoms with Crippen LogP contribution >= 0.6 is 11.3 Å². The van der Waals surface area contributed by atoms with Crippen molar-refractivity contribution < 1.29 is 9.53 Å². The Labute approximate surface area is 184 Å². The van der Waals surface area contributed by atoms with Gasteiger partial charge in [-0.3, -0.25) is 0 Å². The second kappa shape index (κ2) is 9.98. The Morgan fingerprint density at radius 2 is 2.03 bits per heavy atom. The smallest absolute Gasteiger partial charge is 0.410 e. The first-order valence-corrected chi connectivity index (χ1v) is 12.0. The van der Waals surface area contributed by atoms with Gasteiger partial charge in [0.2, 0.25) is 0 Å². The molecule has 1 aliphatic heterocycles. The Morgan fingerprint density at radius 3 is 2.57 bits per heavy atom. The molecule has 0 bridgehead atoms. The molecule has 2 aliphatic rings. The Kier molecular flexibility index (Phi) is 7.60. The van der Waals surface area contributed by atoms with E-state index in [9.17, 15) is 4.79 Å². The summed E-state index contributed by atoms with van der Waals surface area (Å²) in [5, 5.41) is 4.46. The van der Waals surface area contributed by atoms with E-state index in [1.807, 2.05) is 31.9 Å². The summed E-state index contributed by atoms with van der Waals surface area (Å²) < 4.78 is 5.72. The van der Waals surface area contributed by atoms with Crippen LogP contribution in [0.1, 0.15) is 63.3 Å². The van der Waals surface area contributed by atoms with E-state index in [0.29, 0.717) is 12.5 Å². The van der Waals surface area contributed by atoms with Gasteiger partial charge in [-0.1, -0.05) is 0 Å². The number of aliphatic imine (C=N–C) groups is 1. The lowest BCUT2D eigenvalue weighted by molar-refractivity contribution is 0.00928. The number of nitrogens with one attached hydrogen (secondary N) is 1. The monoisotopic (exact) mass is 435 g/mol. The lowest BCUT2D eigenvalue weighted by Gasteiger charge is -2.40. The number of carbonyl (C=O) groups is 1. The molecule has 0 unspecified atom stereocenters. The summed E-state index contributed by atoms with van der Waals surface area (Å²) in [7, 11) is 0. The summed E-state index contributed by atoms with van der Waals surface area (Å²) in [6.07, 6.45) is 6.07. The van der Waals surface area contributed by atoms with Crippen LogP contribution in [0.25, 0.3) is 0 Å². The first kappa shape index (κ1) is 22.8. The van der Waals surface area contributed by atoms with Gasteiger partial charge in [0.15, 0.2) is 5.96 Å². The molecule has 2 fully saturated rings. The molecule has 0 aromatic carbocycles. The molecule has 168 valence electrons. The third-order valence-corrected chi connectivity index (χ3v) is 6.25. The fraction of sp³-hybridized carbons (Fsp3) is 0.773. The maximum Gasteiger partial charge on any atom is 0.410 e. The molecule has 1 amide bonds. The van der Waals surface area contributed by atoms with E-state index in [-0.39, 0.29) is 12.1 Å². The van der Waals surface area contributed by atoms with Crippen molar-refractivity contribution in [1.82, 2.24) is 20.1 Å². The molecule has 3 rings (SSSR count). The lowest BCUT2D eigenvalue weighted by atomic mass is 10.0. The number of nitrogens with zero attached hydrogens (tertiary/aromatic N) is 4. The number of amides is 1. The molecular formula is C22H37N5O2S. The van der Waals surface area contributed by atoms with Crippen LogP contribution in [0.2, 0.25) is 0 Å². The fourth-order valence-corrected chi connectivity index (χ4v) is 4.42. The molecule has 30 heavy (non-hydrogen) atoms. The van der Waals surface area contributed by atoms with Gasteiger partial charge in [-0.05, 0) is 66.2 Å². The van der Waals surface area contributed by atoms with Gasteiger partial charge < -0.3 is 19.9 Å². The van der Waals surface area contributed by atoms with Crippen LogP contribution in [0, 0.1) is 12.8 Å². The Morgan fingerprint density at radius 1 is 1.33 bits per heavy atom. The second-order valence-electron chi connectivity index (χ2n) is 9.33. The Hall–Kier alpha value is -1.83. The molecule has 1 aromatic heterocycles. The minimum atomic E-state index is -0.460. The van der Waals surface area contributed by atoms with Gasteiger partial charge in [0.25, 0.3) is 0 Å². The average molecular weight is 436 g/mol. The van der Waals surface area contributed by atoms with Gasteiger partial charge >= 0.3 is 6.09 Å². The van der Waals surface area contributed by atoms with Gasteiger partial charge in [0.1, 0.15) is 10.6 Å². The number of likely N-dealkylation sites (tertiary alicyclic amines) is 1.